The van der Waals surface area contributed by atoms with E-state index in [1.165, 1.54) is 19.2 Å². The minimum atomic E-state index is -4.50. The van der Waals surface area contributed by atoms with Crippen LogP contribution in [0.2, 0.25) is 0 Å². The van der Waals surface area contributed by atoms with Crippen molar-refractivity contribution in [2.75, 3.05) is 12.4 Å². The van der Waals surface area contributed by atoms with E-state index in [1.807, 2.05) is 6.92 Å². The Labute approximate surface area is 132 Å². The van der Waals surface area contributed by atoms with Crippen LogP contribution in [0.4, 0.5) is 23.7 Å². The van der Waals surface area contributed by atoms with Gasteiger partial charge in [-0.3, -0.25) is 0 Å². The number of hydrogen-bond acceptors (Lipinski definition) is 3. The lowest BCUT2D eigenvalue weighted by Crippen LogP contribution is -2.47. The van der Waals surface area contributed by atoms with Gasteiger partial charge in [0.25, 0.3) is 0 Å². The van der Waals surface area contributed by atoms with E-state index >= 15 is 0 Å². The summed E-state index contributed by atoms with van der Waals surface area (Å²) in [7, 11) is 1.20. The van der Waals surface area contributed by atoms with E-state index in [2.05, 4.69) is 15.4 Å². The molecule has 2 amide bonds. The van der Waals surface area contributed by atoms with Crippen molar-refractivity contribution in [2.45, 2.75) is 32.5 Å². The quantitative estimate of drug-likeness (QED) is 0.812. The molecule has 0 fully saturated rings. The first-order valence-corrected chi connectivity index (χ1v) is 7.01. The van der Waals surface area contributed by atoms with Gasteiger partial charge in [-0.05, 0) is 24.1 Å². The second-order valence-corrected chi connectivity index (χ2v) is 5.06. The number of methoxy groups -OCH3 is 1. The molecule has 1 rings (SSSR count). The molecule has 8 heteroatoms. The molecule has 0 aromatic heterocycles. The lowest BCUT2D eigenvalue weighted by Gasteiger charge is -2.22. The molecule has 23 heavy (non-hydrogen) atoms. The Morgan fingerprint density at radius 2 is 1.96 bits per heavy atom. The Morgan fingerprint density at radius 3 is 2.48 bits per heavy atom. The summed E-state index contributed by atoms with van der Waals surface area (Å²) >= 11 is 0. The van der Waals surface area contributed by atoms with Crippen molar-refractivity contribution in [3.05, 3.63) is 29.8 Å². The van der Waals surface area contributed by atoms with Gasteiger partial charge in [0.1, 0.15) is 6.04 Å². The molecule has 1 aromatic carbocycles. The SMILES string of the molecule is CC[C@H](C)[C@H](NC(=O)Nc1cccc(C(F)(F)F)c1)C(=O)OC. The summed E-state index contributed by atoms with van der Waals surface area (Å²) in [6.45, 7) is 3.60. The van der Waals surface area contributed by atoms with E-state index in [0.29, 0.717) is 6.42 Å². The first kappa shape index (κ1) is 18.8. The molecule has 2 atom stereocenters. The third kappa shape index (κ3) is 5.46. The number of hydrogen-bond donors (Lipinski definition) is 2. The number of ether oxygens (including phenoxy) is 1. The number of amides is 2. The Kier molecular flexibility index (Phi) is 6.41. The molecule has 5 nitrogen and oxygen atoms in total. The third-order valence-electron chi connectivity index (χ3n) is 3.40. The normalized spacial score (nSPS) is 13.8. The largest absolute Gasteiger partial charge is 0.467 e. The van der Waals surface area contributed by atoms with Gasteiger partial charge < -0.3 is 15.4 Å². The number of nitrogens with one attached hydrogen (secondary N) is 2. The lowest BCUT2D eigenvalue weighted by molar-refractivity contribution is -0.144. The lowest BCUT2D eigenvalue weighted by atomic mass is 9.99. The zero-order valence-corrected chi connectivity index (χ0v) is 13.0. The maximum Gasteiger partial charge on any atom is 0.416 e. The summed E-state index contributed by atoms with van der Waals surface area (Å²) in [5.41, 5.74) is -0.896. The van der Waals surface area contributed by atoms with Gasteiger partial charge in [0.15, 0.2) is 0 Å². The molecule has 0 bridgehead atoms. The zero-order chi connectivity index (χ0) is 17.6. The molecule has 0 heterocycles. The molecule has 0 aliphatic heterocycles. The molecular formula is C15H19F3N2O3. The van der Waals surface area contributed by atoms with Crippen LogP contribution >= 0.6 is 0 Å². The van der Waals surface area contributed by atoms with Crippen molar-refractivity contribution >= 4 is 17.7 Å². The van der Waals surface area contributed by atoms with Gasteiger partial charge in [0.05, 0.1) is 12.7 Å². The second kappa shape index (κ2) is 7.85. The number of carbonyl (C=O) groups excluding carboxylic acids is 2. The van der Waals surface area contributed by atoms with Gasteiger partial charge in [-0.1, -0.05) is 26.3 Å². The summed E-state index contributed by atoms with van der Waals surface area (Å²) in [6.07, 6.45) is -3.89. The van der Waals surface area contributed by atoms with Crippen molar-refractivity contribution < 1.29 is 27.5 Å². The fourth-order valence-corrected chi connectivity index (χ4v) is 1.88. The second-order valence-electron chi connectivity index (χ2n) is 5.06. The highest BCUT2D eigenvalue weighted by Crippen LogP contribution is 2.30. The molecule has 1 aromatic rings. The molecule has 0 saturated carbocycles. The molecular weight excluding hydrogens is 313 g/mol. The highest BCUT2D eigenvalue weighted by atomic mass is 19.4. The Hall–Kier alpha value is -2.25. The molecule has 128 valence electrons. The van der Waals surface area contributed by atoms with Gasteiger partial charge in [-0.25, -0.2) is 9.59 Å². The fraction of sp³-hybridized carbons (Fsp3) is 0.467. The van der Waals surface area contributed by atoms with Crippen molar-refractivity contribution in [3.63, 3.8) is 0 Å². The van der Waals surface area contributed by atoms with E-state index in [0.717, 1.165) is 12.1 Å². The smallest absolute Gasteiger partial charge is 0.416 e. The summed E-state index contributed by atoms with van der Waals surface area (Å²) in [4.78, 5) is 23.6. The van der Waals surface area contributed by atoms with Crippen LogP contribution in [0.25, 0.3) is 0 Å². The van der Waals surface area contributed by atoms with Gasteiger partial charge in [-0.2, -0.15) is 13.2 Å². The number of carbonyl (C=O) groups is 2. The predicted molar refractivity (Wildman–Crippen MR) is 78.9 cm³/mol. The van der Waals surface area contributed by atoms with Gasteiger partial charge in [0, 0.05) is 5.69 Å². The number of urea groups is 1. The Balaban J connectivity index is 2.81. The third-order valence-corrected chi connectivity index (χ3v) is 3.40. The van der Waals surface area contributed by atoms with Gasteiger partial charge in [-0.15, -0.1) is 0 Å². The number of halogens is 3. The number of anilines is 1. The monoisotopic (exact) mass is 332 g/mol. The molecule has 0 aliphatic carbocycles. The van der Waals surface area contributed by atoms with Crippen molar-refractivity contribution in [1.29, 1.82) is 0 Å². The first-order valence-electron chi connectivity index (χ1n) is 7.01. The van der Waals surface area contributed by atoms with Crippen molar-refractivity contribution in [3.8, 4) is 0 Å². The van der Waals surface area contributed by atoms with Gasteiger partial charge >= 0.3 is 18.2 Å². The number of rotatable bonds is 5. The maximum atomic E-state index is 12.6. The van der Waals surface area contributed by atoms with Crippen molar-refractivity contribution in [1.82, 2.24) is 5.32 Å². The minimum absolute atomic E-state index is 0.0231. The Bertz CT molecular complexity index is 561. The Morgan fingerprint density at radius 1 is 1.30 bits per heavy atom. The van der Waals surface area contributed by atoms with Crippen LogP contribution in [0.5, 0.6) is 0 Å². The van der Waals surface area contributed by atoms with Crippen LogP contribution < -0.4 is 10.6 Å². The summed E-state index contributed by atoms with van der Waals surface area (Å²) in [6, 6.07) is 2.57. The first-order chi connectivity index (χ1) is 10.7. The van der Waals surface area contributed by atoms with Crippen LogP contribution in [0, 0.1) is 5.92 Å². The van der Waals surface area contributed by atoms with Crippen LogP contribution in [-0.2, 0) is 15.7 Å². The molecule has 0 aliphatic rings. The molecule has 0 saturated heterocycles. The zero-order valence-electron chi connectivity index (χ0n) is 13.0. The van der Waals surface area contributed by atoms with E-state index in [9.17, 15) is 22.8 Å². The van der Waals surface area contributed by atoms with Crippen LogP contribution in [0.15, 0.2) is 24.3 Å². The number of alkyl halides is 3. The highest BCUT2D eigenvalue weighted by molar-refractivity contribution is 5.92. The summed E-state index contributed by atoms with van der Waals surface area (Å²) in [5, 5.41) is 4.70. The van der Waals surface area contributed by atoms with Gasteiger partial charge in [0.2, 0.25) is 0 Å². The number of esters is 1. The average Bonchev–Trinajstić information content (AvgIpc) is 2.50. The average molecular weight is 332 g/mol. The van der Waals surface area contributed by atoms with Crippen LogP contribution in [0.1, 0.15) is 25.8 Å². The molecule has 0 spiro atoms. The van der Waals surface area contributed by atoms with E-state index < -0.39 is 29.8 Å². The predicted octanol–water partition coefficient (Wildman–Crippen LogP) is 3.41. The molecule has 0 unspecified atom stereocenters. The van der Waals surface area contributed by atoms with E-state index in [-0.39, 0.29) is 11.6 Å². The van der Waals surface area contributed by atoms with E-state index in [4.69, 9.17) is 0 Å². The molecule has 0 radical (unpaired) electrons. The standard InChI is InChI=1S/C15H19F3N2O3/c1-4-9(2)12(13(21)23-3)20-14(22)19-11-7-5-6-10(8-11)15(16,17)18/h5-9,12H,4H2,1-3H3,(H2,19,20,22)/t9-,12-/m0/s1. The van der Waals surface area contributed by atoms with Crippen LogP contribution in [-0.4, -0.2) is 25.2 Å². The van der Waals surface area contributed by atoms with Crippen LogP contribution in [0.3, 0.4) is 0 Å². The topological polar surface area (TPSA) is 67.4 Å². The minimum Gasteiger partial charge on any atom is -0.467 e. The van der Waals surface area contributed by atoms with E-state index in [1.54, 1.807) is 6.92 Å². The maximum absolute atomic E-state index is 12.6. The summed E-state index contributed by atoms with van der Waals surface area (Å²) < 4.78 is 42.5. The summed E-state index contributed by atoms with van der Waals surface area (Å²) in [5.74, 6) is -0.798. The molecule has 2 N–H and O–H groups in total. The number of benzene rings is 1. The fourth-order valence-electron chi connectivity index (χ4n) is 1.88. The van der Waals surface area contributed by atoms with Crippen molar-refractivity contribution in [2.24, 2.45) is 5.92 Å². The highest BCUT2D eigenvalue weighted by Gasteiger charge is 2.31.